The monoisotopic (exact) mass is 325 g/mol. The molecule has 98 valence electrons. The molecular weight excluding hydrogens is 317 g/mol. The molecule has 0 atom stereocenters. The summed E-state index contributed by atoms with van der Waals surface area (Å²) in [6, 6.07) is 8.66. The topological polar surface area (TPSA) is 52.4 Å². The number of ether oxygens (including phenoxy) is 1. The zero-order valence-electron chi connectivity index (χ0n) is 9.89. The summed E-state index contributed by atoms with van der Waals surface area (Å²) in [7, 11) is 0. The molecule has 0 N–H and O–H groups in total. The van der Waals surface area contributed by atoms with Gasteiger partial charge in [-0.1, -0.05) is 12.1 Å². The predicted molar refractivity (Wildman–Crippen MR) is 72.0 cm³/mol. The second kappa shape index (κ2) is 5.36. The van der Waals surface area contributed by atoms with Gasteiger partial charge in [-0.3, -0.25) is 10.1 Å². The molecule has 0 aliphatic carbocycles. The molecule has 19 heavy (non-hydrogen) atoms. The average molecular weight is 326 g/mol. The van der Waals surface area contributed by atoms with Crippen LogP contribution >= 0.6 is 15.9 Å². The summed E-state index contributed by atoms with van der Waals surface area (Å²) in [6.07, 6.45) is 0. The van der Waals surface area contributed by atoms with Crippen molar-refractivity contribution < 1.29 is 14.1 Å². The van der Waals surface area contributed by atoms with E-state index in [1.54, 1.807) is 19.1 Å². The van der Waals surface area contributed by atoms with Crippen molar-refractivity contribution in [3.63, 3.8) is 0 Å². The molecular formula is C13H9BrFNO3. The van der Waals surface area contributed by atoms with Gasteiger partial charge in [-0.2, -0.15) is 0 Å². The van der Waals surface area contributed by atoms with E-state index in [0.29, 0.717) is 15.8 Å². The van der Waals surface area contributed by atoms with Crippen molar-refractivity contribution in [3.05, 3.63) is 62.4 Å². The number of hydrogen-bond donors (Lipinski definition) is 0. The van der Waals surface area contributed by atoms with E-state index >= 15 is 0 Å². The lowest BCUT2D eigenvalue weighted by atomic mass is 10.2. The van der Waals surface area contributed by atoms with Gasteiger partial charge in [0.2, 0.25) is 5.75 Å². The lowest BCUT2D eigenvalue weighted by molar-refractivity contribution is -0.386. The van der Waals surface area contributed by atoms with E-state index in [1.165, 1.54) is 24.3 Å². The minimum Gasteiger partial charge on any atom is -0.449 e. The Morgan fingerprint density at radius 3 is 2.63 bits per heavy atom. The fourth-order valence-corrected chi connectivity index (χ4v) is 2.06. The van der Waals surface area contributed by atoms with E-state index in [1.807, 2.05) is 0 Å². The highest BCUT2D eigenvalue weighted by Gasteiger charge is 2.19. The van der Waals surface area contributed by atoms with Crippen LogP contribution in [0.25, 0.3) is 0 Å². The number of nitro benzene ring substituents is 1. The van der Waals surface area contributed by atoms with Crippen LogP contribution in [0, 0.1) is 22.9 Å². The first-order valence-corrected chi connectivity index (χ1v) is 6.15. The average Bonchev–Trinajstić information content (AvgIpc) is 2.32. The number of hydrogen-bond acceptors (Lipinski definition) is 3. The van der Waals surface area contributed by atoms with Crippen LogP contribution in [-0.2, 0) is 0 Å². The Bertz CT molecular complexity index is 646. The van der Waals surface area contributed by atoms with E-state index in [-0.39, 0.29) is 11.4 Å². The van der Waals surface area contributed by atoms with Crippen LogP contribution in [0.5, 0.6) is 11.5 Å². The number of nitro groups is 1. The van der Waals surface area contributed by atoms with E-state index in [9.17, 15) is 14.5 Å². The molecule has 4 nitrogen and oxygen atoms in total. The van der Waals surface area contributed by atoms with Crippen LogP contribution < -0.4 is 4.74 Å². The van der Waals surface area contributed by atoms with Gasteiger partial charge in [0.15, 0.2) is 0 Å². The maximum absolute atomic E-state index is 13.0. The smallest absolute Gasteiger partial charge is 0.314 e. The Morgan fingerprint density at radius 1 is 1.26 bits per heavy atom. The van der Waals surface area contributed by atoms with Crippen LogP contribution in [0.3, 0.4) is 0 Å². The van der Waals surface area contributed by atoms with Gasteiger partial charge in [0, 0.05) is 5.56 Å². The first-order valence-electron chi connectivity index (χ1n) is 5.36. The molecule has 0 fully saturated rings. The summed E-state index contributed by atoms with van der Waals surface area (Å²) in [4.78, 5) is 10.5. The summed E-state index contributed by atoms with van der Waals surface area (Å²) < 4.78 is 18.8. The molecule has 2 aromatic carbocycles. The molecule has 0 heterocycles. The van der Waals surface area contributed by atoms with Crippen LogP contribution in [0.2, 0.25) is 0 Å². The Labute approximate surface area is 117 Å². The van der Waals surface area contributed by atoms with Crippen molar-refractivity contribution in [3.8, 4) is 11.5 Å². The Kier molecular flexibility index (Phi) is 3.80. The lowest BCUT2D eigenvalue weighted by Gasteiger charge is -2.09. The Morgan fingerprint density at radius 2 is 2.00 bits per heavy atom. The number of benzene rings is 2. The summed E-state index contributed by atoms with van der Waals surface area (Å²) >= 11 is 3.15. The number of halogens is 2. The van der Waals surface area contributed by atoms with E-state index in [0.717, 1.165) is 0 Å². The zero-order chi connectivity index (χ0) is 14.0. The van der Waals surface area contributed by atoms with Gasteiger partial charge in [-0.05, 0) is 47.1 Å². The molecule has 0 aromatic heterocycles. The standard InChI is InChI=1S/C13H9BrFNO3/c1-8-3-2-4-12(13(8)16(17)18)19-11-6-5-9(15)7-10(11)14/h2-7H,1H3. The second-order valence-corrected chi connectivity index (χ2v) is 4.71. The van der Waals surface area contributed by atoms with Crippen LogP contribution in [0.1, 0.15) is 5.56 Å². The molecule has 0 unspecified atom stereocenters. The van der Waals surface area contributed by atoms with E-state index < -0.39 is 10.7 Å². The van der Waals surface area contributed by atoms with E-state index in [2.05, 4.69) is 15.9 Å². The number of aryl methyl sites for hydroxylation is 1. The largest absolute Gasteiger partial charge is 0.449 e. The SMILES string of the molecule is Cc1cccc(Oc2ccc(F)cc2Br)c1[N+](=O)[O-]. The third kappa shape index (κ3) is 2.90. The highest BCUT2D eigenvalue weighted by atomic mass is 79.9. The molecule has 0 saturated carbocycles. The van der Waals surface area contributed by atoms with Crippen molar-refractivity contribution in [2.45, 2.75) is 6.92 Å². The van der Waals surface area contributed by atoms with Crippen LogP contribution in [0.4, 0.5) is 10.1 Å². The van der Waals surface area contributed by atoms with Gasteiger partial charge in [0.05, 0.1) is 9.40 Å². The van der Waals surface area contributed by atoms with E-state index in [4.69, 9.17) is 4.74 Å². The second-order valence-electron chi connectivity index (χ2n) is 3.86. The molecule has 6 heteroatoms. The number of nitrogens with zero attached hydrogens (tertiary/aromatic N) is 1. The Hall–Kier alpha value is -1.95. The maximum atomic E-state index is 13.0. The molecule has 0 amide bonds. The van der Waals surface area contributed by atoms with Gasteiger partial charge in [-0.25, -0.2) is 4.39 Å². The van der Waals surface area contributed by atoms with Crippen LogP contribution in [-0.4, -0.2) is 4.92 Å². The number of rotatable bonds is 3. The molecule has 0 saturated heterocycles. The molecule has 2 aromatic rings. The third-order valence-electron chi connectivity index (χ3n) is 2.50. The highest BCUT2D eigenvalue weighted by Crippen LogP contribution is 2.36. The molecule has 2 rings (SSSR count). The zero-order valence-corrected chi connectivity index (χ0v) is 11.5. The van der Waals surface area contributed by atoms with Crippen molar-refractivity contribution in [1.29, 1.82) is 0 Å². The van der Waals surface area contributed by atoms with Crippen LogP contribution in [0.15, 0.2) is 40.9 Å². The maximum Gasteiger partial charge on any atom is 0.314 e. The van der Waals surface area contributed by atoms with Crippen molar-refractivity contribution in [2.24, 2.45) is 0 Å². The summed E-state index contributed by atoms with van der Waals surface area (Å²) in [5.41, 5.74) is 0.402. The van der Waals surface area contributed by atoms with Gasteiger partial charge in [0.1, 0.15) is 11.6 Å². The predicted octanol–water partition coefficient (Wildman–Crippen LogP) is 4.60. The van der Waals surface area contributed by atoms with Gasteiger partial charge in [-0.15, -0.1) is 0 Å². The lowest BCUT2D eigenvalue weighted by Crippen LogP contribution is -1.96. The fraction of sp³-hybridized carbons (Fsp3) is 0.0769. The van der Waals surface area contributed by atoms with Crippen molar-refractivity contribution in [1.82, 2.24) is 0 Å². The fourth-order valence-electron chi connectivity index (χ4n) is 1.62. The van der Waals surface area contributed by atoms with Crippen molar-refractivity contribution in [2.75, 3.05) is 0 Å². The minimum absolute atomic E-state index is 0.0984. The molecule has 0 radical (unpaired) electrons. The normalized spacial score (nSPS) is 10.3. The summed E-state index contributed by atoms with van der Waals surface area (Å²) in [5, 5.41) is 11.0. The molecule has 0 spiro atoms. The van der Waals surface area contributed by atoms with Gasteiger partial charge >= 0.3 is 5.69 Å². The minimum atomic E-state index is -0.498. The quantitative estimate of drug-likeness (QED) is 0.612. The molecule has 0 aliphatic rings. The summed E-state index contributed by atoms with van der Waals surface area (Å²) in [6.45, 7) is 1.63. The highest BCUT2D eigenvalue weighted by molar-refractivity contribution is 9.10. The van der Waals surface area contributed by atoms with Gasteiger partial charge < -0.3 is 4.74 Å². The number of para-hydroxylation sites is 1. The molecule has 0 bridgehead atoms. The third-order valence-corrected chi connectivity index (χ3v) is 3.12. The molecule has 0 aliphatic heterocycles. The van der Waals surface area contributed by atoms with Crippen molar-refractivity contribution >= 4 is 21.6 Å². The Balaban J connectivity index is 2.44. The van der Waals surface area contributed by atoms with Gasteiger partial charge in [0.25, 0.3) is 0 Å². The first-order chi connectivity index (χ1) is 8.99. The summed E-state index contributed by atoms with van der Waals surface area (Å²) in [5.74, 6) is 0.0189. The first kappa shape index (κ1) is 13.5.